The van der Waals surface area contributed by atoms with Crippen LogP contribution < -0.4 is 15.5 Å². The van der Waals surface area contributed by atoms with E-state index < -0.39 is 0 Å². The molecule has 6 nitrogen and oxygen atoms in total. The molecule has 0 fully saturated rings. The first-order chi connectivity index (χ1) is 14.2. The molecule has 0 unspecified atom stereocenters. The molecule has 0 atom stereocenters. The molecular formula is C22H19FN2O4. The first kappa shape index (κ1) is 20.0. The standard InChI is InChI=1S/C22H19FN2O4/c23-12-16(13-24-29-15-26)14-28-21-9-6-18(7-10-21)22(27)25-20-8-5-17-3-1-2-4-19(17)11-20/h1-12,15,24H,13-14H2,(H,25,27). The van der Waals surface area contributed by atoms with E-state index in [1.165, 1.54) is 0 Å². The van der Waals surface area contributed by atoms with Crippen LogP contribution in [0.25, 0.3) is 10.8 Å². The highest BCUT2D eigenvalue weighted by Crippen LogP contribution is 2.20. The van der Waals surface area contributed by atoms with Crippen LogP contribution in [0.2, 0.25) is 0 Å². The summed E-state index contributed by atoms with van der Waals surface area (Å²) < 4.78 is 18.3. The van der Waals surface area contributed by atoms with Gasteiger partial charge in [0.2, 0.25) is 0 Å². The van der Waals surface area contributed by atoms with Crippen LogP contribution in [0.5, 0.6) is 5.75 Å². The third-order valence-electron chi connectivity index (χ3n) is 4.13. The zero-order valence-corrected chi connectivity index (χ0v) is 15.4. The number of hydroxylamine groups is 1. The summed E-state index contributed by atoms with van der Waals surface area (Å²) in [5.74, 6) is 0.231. The van der Waals surface area contributed by atoms with Crippen molar-refractivity contribution in [1.82, 2.24) is 5.48 Å². The number of hydrogen-bond donors (Lipinski definition) is 2. The minimum atomic E-state index is -0.244. The lowest BCUT2D eigenvalue weighted by Gasteiger charge is -2.10. The zero-order chi connectivity index (χ0) is 20.5. The molecule has 1 amide bonds. The normalized spacial score (nSPS) is 11.1. The van der Waals surface area contributed by atoms with Crippen molar-refractivity contribution >= 4 is 28.8 Å². The SMILES string of the molecule is O=CONCC(=CF)COc1ccc(C(=O)Nc2ccc3ccccc3c2)cc1. The molecule has 0 aliphatic heterocycles. The molecule has 2 N–H and O–H groups in total. The Bertz CT molecular complexity index is 1020. The maximum atomic E-state index is 12.8. The van der Waals surface area contributed by atoms with Crippen LogP contribution in [0.15, 0.2) is 78.6 Å². The van der Waals surface area contributed by atoms with Crippen LogP contribution in [0.4, 0.5) is 10.1 Å². The minimum absolute atomic E-state index is 0.00148. The molecule has 0 spiro atoms. The van der Waals surface area contributed by atoms with Crippen molar-refractivity contribution in [2.75, 3.05) is 18.5 Å². The van der Waals surface area contributed by atoms with Crippen molar-refractivity contribution in [1.29, 1.82) is 0 Å². The third-order valence-corrected chi connectivity index (χ3v) is 4.13. The van der Waals surface area contributed by atoms with Gasteiger partial charge in [-0.15, -0.1) is 5.48 Å². The summed E-state index contributed by atoms with van der Waals surface area (Å²) in [6, 6.07) is 20.1. The number of halogens is 1. The van der Waals surface area contributed by atoms with E-state index in [1.54, 1.807) is 24.3 Å². The summed E-state index contributed by atoms with van der Waals surface area (Å²) >= 11 is 0. The predicted molar refractivity (Wildman–Crippen MR) is 108 cm³/mol. The molecule has 3 aromatic rings. The fourth-order valence-electron chi connectivity index (χ4n) is 2.64. The number of rotatable bonds is 9. The maximum absolute atomic E-state index is 12.8. The molecule has 7 heteroatoms. The van der Waals surface area contributed by atoms with Gasteiger partial charge in [-0.25, -0.2) is 4.39 Å². The minimum Gasteiger partial charge on any atom is -0.489 e. The third kappa shape index (κ3) is 5.63. The second kappa shape index (κ2) is 10.0. The first-order valence-corrected chi connectivity index (χ1v) is 8.83. The Morgan fingerprint density at radius 3 is 2.48 bits per heavy atom. The van der Waals surface area contributed by atoms with E-state index >= 15 is 0 Å². The smallest absolute Gasteiger partial charge is 0.312 e. The van der Waals surface area contributed by atoms with Gasteiger partial charge in [0.05, 0.1) is 12.9 Å². The molecule has 0 saturated carbocycles. The molecule has 3 rings (SSSR count). The first-order valence-electron chi connectivity index (χ1n) is 8.83. The topological polar surface area (TPSA) is 76.7 Å². The fourth-order valence-corrected chi connectivity index (χ4v) is 2.64. The Balaban J connectivity index is 1.57. The van der Waals surface area contributed by atoms with E-state index in [-0.39, 0.29) is 31.1 Å². The van der Waals surface area contributed by atoms with Crippen molar-refractivity contribution in [2.24, 2.45) is 0 Å². The molecule has 0 aliphatic carbocycles. The maximum Gasteiger partial charge on any atom is 0.312 e. The number of hydrogen-bond acceptors (Lipinski definition) is 5. The molecule has 0 saturated heterocycles. The Kier molecular flexibility index (Phi) is 6.91. The van der Waals surface area contributed by atoms with Gasteiger partial charge in [-0.3, -0.25) is 9.59 Å². The van der Waals surface area contributed by atoms with E-state index in [0.29, 0.717) is 23.3 Å². The zero-order valence-electron chi connectivity index (χ0n) is 15.4. The van der Waals surface area contributed by atoms with Gasteiger partial charge in [0.1, 0.15) is 12.4 Å². The van der Waals surface area contributed by atoms with Crippen molar-refractivity contribution in [3.05, 3.63) is 84.2 Å². The van der Waals surface area contributed by atoms with Crippen LogP contribution >= 0.6 is 0 Å². The van der Waals surface area contributed by atoms with Gasteiger partial charge in [-0.1, -0.05) is 30.3 Å². The van der Waals surface area contributed by atoms with Gasteiger partial charge in [0.15, 0.2) is 0 Å². The summed E-state index contributed by atoms with van der Waals surface area (Å²) in [4.78, 5) is 26.8. The lowest BCUT2D eigenvalue weighted by molar-refractivity contribution is -0.134. The van der Waals surface area contributed by atoms with Gasteiger partial charge in [0.25, 0.3) is 5.91 Å². The Morgan fingerprint density at radius 1 is 1.00 bits per heavy atom. The monoisotopic (exact) mass is 394 g/mol. The summed E-state index contributed by atoms with van der Waals surface area (Å²) in [5.41, 5.74) is 3.70. The molecule has 0 aromatic heterocycles. The molecular weight excluding hydrogens is 375 g/mol. The van der Waals surface area contributed by atoms with Crippen molar-refractivity contribution in [3.8, 4) is 5.75 Å². The van der Waals surface area contributed by atoms with Gasteiger partial charge < -0.3 is 14.9 Å². The largest absolute Gasteiger partial charge is 0.489 e. The van der Waals surface area contributed by atoms with Crippen molar-refractivity contribution in [3.63, 3.8) is 0 Å². The highest BCUT2D eigenvalue weighted by Gasteiger charge is 2.07. The summed E-state index contributed by atoms with van der Waals surface area (Å²) in [6.45, 7) is 0.175. The van der Waals surface area contributed by atoms with Crippen LogP contribution in [0, 0.1) is 0 Å². The van der Waals surface area contributed by atoms with Gasteiger partial charge in [0, 0.05) is 16.8 Å². The molecule has 0 aliphatic rings. The number of nitrogens with one attached hydrogen (secondary N) is 2. The lowest BCUT2D eigenvalue weighted by Crippen LogP contribution is -2.19. The molecule has 0 heterocycles. The van der Waals surface area contributed by atoms with Crippen LogP contribution in [-0.4, -0.2) is 25.5 Å². The van der Waals surface area contributed by atoms with E-state index in [1.807, 2.05) is 42.5 Å². The van der Waals surface area contributed by atoms with Gasteiger partial charge in [-0.05, 0) is 47.2 Å². The molecule has 148 valence electrons. The number of carbonyl (C=O) groups excluding carboxylic acids is 2. The lowest BCUT2D eigenvalue weighted by atomic mass is 10.1. The molecule has 0 bridgehead atoms. The predicted octanol–water partition coefficient (Wildman–Crippen LogP) is 4.00. The van der Waals surface area contributed by atoms with E-state index in [0.717, 1.165) is 10.8 Å². The second-order valence-electron chi connectivity index (χ2n) is 6.13. The van der Waals surface area contributed by atoms with Crippen molar-refractivity contribution < 1.29 is 23.6 Å². The number of ether oxygens (including phenoxy) is 1. The van der Waals surface area contributed by atoms with Crippen molar-refractivity contribution in [2.45, 2.75) is 0 Å². The number of amides is 1. The number of anilines is 1. The summed E-state index contributed by atoms with van der Waals surface area (Å²) in [5, 5.41) is 5.01. The number of benzene rings is 3. The summed E-state index contributed by atoms with van der Waals surface area (Å²) in [7, 11) is 0. The average Bonchev–Trinajstić information content (AvgIpc) is 2.76. The summed E-state index contributed by atoms with van der Waals surface area (Å²) in [6.07, 6.45) is 0.381. The fraction of sp³-hybridized carbons (Fsp3) is 0.0909. The molecule has 3 aromatic carbocycles. The van der Waals surface area contributed by atoms with Gasteiger partial charge in [-0.2, -0.15) is 0 Å². The quantitative estimate of drug-likeness (QED) is 0.326. The highest BCUT2D eigenvalue weighted by atomic mass is 19.1. The second-order valence-corrected chi connectivity index (χ2v) is 6.13. The number of fused-ring (bicyclic) bond motifs is 1. The highest BCUT2D eigenvalue weighted by molar-refractivity contribution is 6.05. The van der Waals surface area contributed by atoms with Gasteiger partial charge >= 0.3 is 6.47 Å². The Hall–Kier alpha value is -3.71. The van der Waals surface area contributed by atoms with E-state index in [9.17, 15) is 14.0 Å². The molecule has 0 radical (unpaired) electrons. The van der Waals surface area contributed by atoms with Crippen LogP contribution in [-0.2, 0) is 9.63 Å². The Labute approximate surface area is 166 Å². The van der Waals surface area contributed by atoms with Crippen LogP contribution in [0.3, 0.4) is 0 Å². The average molecular weight is 394 g/mol. The van der Waals surface area contributed by atoms with Crippen LogP contribution in [0.1, 0.15) is 10.4 Å². The molecule has 29 heavy (non-hydrogen) atoms. The van der Waals surface area contributed by atoms with E-state index in [4.69, 9.17) is 4.74 Å². The van der Waals surface area contributed by atoms with E-state index in [2.05, 4.69) is 15.6 Å². The number of carbonyl (C=O) groups is 2. The Morgan fingerprint density at radius 2 is 1.76 bits per heavy atom.